The highest BCUT2D eigenvalue weighted by molar-refractivity contribution is 5.57. The van der Waals surface area contributed by atoms with Crippen LogP contribution in [0.1, 0.15) is 17.5 Å². The van der Waals surface area contributed by atoms with Gasteiger partial charge in [-0.2, -0.15) is 13.2 Å². The number of aliphatic hydroxyl groups is 1. The van der Waals surface area contributed by atoms with E-state index in [9.17, 15) is 18.3 Å². The van der Waals surface area contributed by atoms with E-state index in [-0.39, 0.29) is 18.2 Å². The van der Waals surface area contributed by atoms with Crippen LogP contribution in [0, 0.1) is 5.92 Å². The third kappa shape index (κ3) is 4.02. The molecule has 0 radical (unpaired) electrons. The summed E-state index contributed by atoms with van der Waals surface area (Å²) in [7, 11) is 0. The number of alkyl halides is 3. The molecule has 0 aromatic heterocycles. The Morgan fingerprint density at radius 2 is 1.92 bits per heavy atom. The molecule has 0 amide bonds. The summed E-state index contributed by atoms with van der Waals surface area (Å²) in [6.07, 6.45) is -3.63. The quantitative estimate of drug-likeness (QED) is 0.876. The molecule has 4 nitrogen and oxygen atoms in total. The fraction of sp³-hybridized carbons (Fsp3) is 0.647. The van der Waals surface area contributed by atoms with Gasteiger partial charge in [-0.05, 0) is 24.1 Å². The molecule has 2 aliphatic heterocycles. The van der Waals surface area contributed by atoms with Gasteiger partial charge in [-0.3, -0.25) is 4.90 Å². The maximum atomic E-state index is 13.4. The number of hydrogen-bond donors (Lipinski definition) is 2. The summed E-state index contributed by atoms with van der Waals surface area (Å²) in [5.74, 6) is 0.0582. The van der Waals surface area contributed by atoms with Gasteiger partial charge in [-0.15, -0.1) is 0 Å². The molecule has 2 aliphatic rings. The van der Waals surface area contributed by atoms with Gasteiger partial charge in [-0.25, -0.2) is 0 Å². The van der Waals surface area contributed by atoms with Crippen LogP contribution in [0.4, 0.5) is 18.9 Å². The number of benzene rings is 1. The summed E-state index contributed by atoms with van der Waals surface area (Å²) in [6, 6.07) is 4.48. The van der Waals surface area contributed by atoms with Crippen LogP contribution in [0.2, 0.25) is 0 Å². The van der Waals surface area contributed by atoms with Gasteiger partial charge in [0.1, 0.15) is 0 Å². The van der Waals surface area contributed by atoms with Crippen molar-refractivity contribution in [3.05, 3.63) is 29.3 Å². The second-order valence-electron chi connectivity index (χ2n) is 6.66. The zero-order valence-electron chi connectivity index (χ0n) is 13.6. The van der Waals surface area contributed by atoms with E-state index < -0.39 is 11.7 Å². The highest BCUT2D eigenvalue weighted by Crippen LogP contribution is 2.39. The molecule has 2 fully saturated rings. The standard InChI is InChI=1S/C17H24F3N3O/c18-17(19,20)15-2-1-13(10-22-7-4-21-5-8-22)9-16(15)23-6-3-14(11-23)12-24/h1-2,9,14,21,24H,3-8,10-12H2. The Bertz CT molecular complexity index is 559. The van der Waals surface area contributed by atoms with Gasteiger partial charge in [-0.1, -0.05) is 6.07 Å². The molecule has 2 heterocycles. The molecule has 1 aromatic carbocycles. The van der Waals surface area contributed by atoms with Crippen molar-refractivity contribution in [2.45, 2.75) is 19.1 Å². The van der Waals surface area contributed by atoms with Gasteiger partial charge in [0.25, 0.3) is 0 Å². The van der Waals surface area contributed by atoms with E-state index in [0.29, 0.717) is 19.6 Å². The second kappa shape index (κ2) is 7.29. The largest absolute Gasteiger partial charge is 0.418 e. The van der Waals surface area contributed by atoms with Gasteiger partial charge >= 0.3 is 6.18 Å². The van der Waals surface area contributed by atoms with Crippen molar-refractivity contribution >= 4 is 5.69 Å². The number of piperazine rings is 1. The molecular weight excluding hydrogens is 319 g/mol. The topological polar surface area (TPSA) is 38.7 Å². The highest BCUT2D eigenvalue weighted by atomic mass is 19.4. The van der Waals surface area contributed by atoms with E-state index in [1.165, 1.54) is 6.07 Å². The van der Waals surface area contributed by atoms with Gasteiger partial charge in [0, 0.05) is 64.0 Å². The summed E-state index contributed by atoms with van der Waals surface area (Å²) in [4.78, 5) is 4.02. The second-order valence-corrected chi connectivity index (χ2v) is 6.66. The number of hydrogen-bond acceptors (Lipinski definition) is 4. The number of rotatable bonds is 4. The molecule has 0 saturated carbocycles. The number of anilines is 1. The van der Waals surface area contributed by atoms with E-state index in [4.69, 9.17) is 0 Å². The zero-order valence-corrected chi connectivity index (χ0v) is 13.6. The fourth-order valence-corrected chi connectivity index (χ4v) is 3.50. The van der Waals surface area contributed by atoms with Crippen molar-refractivity contribution < 1.29 is 18.3 Å². The van der Waals surface area contributed by atoms with Crippen LogP contribution in [-0.2, 0) is 12.7 Å². The van der Waals surface area contributed by atoms with E-state index in [2.05, 4.69) is 10.2 Å². The molecular formula is C17H24F3N3O. The van der Waals surface area contributed by atoms with Gasteiger partial charge < -0.3 is 15.3 Å². The Morgan fingerprint density at radius 3 is 2.54 bits per heavy atom. The summed E-state index contributed by atoms with van der Waals surface area (Å²) >= 11 is 0. The Morgan fingerprint density at radius 1 is 1.17 bits per heavy atom. The predicted molar refractivity (Wildman–Crippen MR) is 87.0 cm³/mol. The minimum absolute atomic E-state index is 0.0261. The van der Waals surface area contributed by atoms with E-state index >= 15 is 0 Å². The maximum Gasteiger partial charge on any atom is 0.418 e. The van der Waals surface area contributed by atoms with Gasteiger partial charge in [0.15, 0.2) is 0 Å². The van der Waals surface area contributed by atoms with Crippen LogP contribution in [0.25, 0.3) is 0 Å². The Kier molecular flexibility index (Phi) is 5.32. The van der Waals surface area contributed by atoms with Crippen LogP contribution in [-0.4, -0.2) is 55.9 Å². The first kappa shape index (κ1) is 17.5. The molecule has 7 heteroatoms. The molecule has 134 valence electrons. The minimum Gasteiger partial charge on any atom is -0.396 e. The lowest BCUT2D eigenvalue weighted by atomic mass is 10.1. The molecule has 2 saturated heterocycles. The van der Waals surface area contributed by atoms with Crippen molar-refractivity contribution in [1.29, 1.82) is 0 Å². The molecule has 1 atom stereocenters. The van der Waals surface area contributed by atoms with Crippen molar-refractivity contribution in [2.24, 2.45) is 5.92 Å². The first-order chi connectivity index (χ1) is 11.5. The lowest BCUT2D eigenvalue weighted by Gasteiger charge is -2.28. The number of aliphatic hydroxyl groups excluding tert-OH is 1. The van der Waals surface area contributed by atoms with Crippen LogP contribution in [0.3, 0.4) is 0 Å². The predicted octanol–water partition coefficient (Wildman–Crippen LogP) is 1.93. The average molecular weight is 343 g/mol. The number of nitrogens with zero attached hydrogens (tertiary/aromatic N) is 2. The van der Waals surface area contributed by atoms with E-state index in [0.717, 1.165) is 38.2 Å². The third-order valence-corrected chi connectivity index (χ3v) is 4.87. The van der Waals surface area contributed by atoms with Crippen LogP contribution >= 0.6 is 0 Å². The first-order valence-corrected chi connectivity index (χ1v) is 8.46. The van der Waals surface area contributed by atoms with Crippen molar-refractivity contribution in [3.63, 3.8) is 0 Å². The minimum atomic E-state index is -4.36. The molecule has 0 bridgehead atoms. The Labute approximate surface area is 140 Å². The lowest BCUT2D eigenvalue weighted by molar-refractivity contribution is -0.137. The van der Waals surface area contributed by atoms with Crippen molar-refractivity contribution in [1.82, 2.24) is 10.2 Å². The molecule has 1 aromatic rings. The average Bonchev–Trinajstić information content (AvgIpc) is 3.04. The Balaban J connectivity index is 1.83. The Hall–Kier alpha value is -1.31. The SMILES string of the molecule is OCC1CCN(c2cc(CN3CCNCC3)ccc2C(F)(F)F)C1. The number of nitrogens with one attached hydrogen (secondary N) is 1. The number of halogens is 3. The first-order valence-electron chi connectivity index (χ1n) is 8.46. The van der Waals surface area contributed by atoms with Crippen molar-refractivity contribution in [3.8, 4) is 0 Å². The van der Waals surface area contributed by atoms with Crippen LogP contribution in [0.15, 0.2) is 18.2 Å². The van der Waals surface area contributed by atoms with Crippen molar-refractivity contribution in [2.75, 3.05) is 50.8 Å². The summed E-state index contributed by atoms with van der Waals surface area (Å²) < 4.78 is 40.1. The monoisotopic (exact) mass is 343 g/mol. The fourth-order valence-electron chi connectivity index (χ4n) is 3.50. The van der Waals surface area contributed by atoms with Gasteiger partial charge in [0.2, 0.25) is 0 Å². The van der Waals surface area contributed by atoms with E-state index in [1.807, 2.05) is 0 Å². The lowest BCUT2D eigenvalue weighted by Crippen LogP contribution is -2.42. The maximum absolute atomic E-state index is 13.4. The van der Waals surface area contributed by atoms with E-state index in [1.54, 1.807) is 17.0 Å². The summed E-state index contributed by atoms with van der Waals surface area (Å²) in [6.45, 7) is 5.39. The molecule has 1 unspecified atom stereocenters. The normalized spacial score (nSPS) is 23.0. The van der Waals surface area contributed by atoms with Crippen LogP contribution < -0.4 is 10.2 Å². The smallest absolute Gasteiger partial charge is 0.396 e. The molecule has 24 heavy (non-hydrogen) atoms. The molecule has 0 spiro atoms. The summed E-state index contributed by atoms with van der Waals surface area (Å²) in [5.41, 5.74) is 0.587. The zero-order chi connectivity index (χ0) is 17.2. The highest BCUT2D eigenvalue weighted by Gasteiger charge is 2.36. The molecule has 3 rings (SSSR count). The summed E-state index contributed by atoms with van der Waals surface area (Å²) in [5, 5.41) is 12.5. The third-order valence-electron chi connectivity index (χ3n) is 4.87. The molecule has 0 aliphatic carbocycles. The van der Waals surface area contributed by atoms with Gasteiger partial charge in [0.05, 0.1) is 5.56 Å². The molecule has 2 N–H and O–H groups in total. The van der Waals surface area contributed by atoms with Crippen LogP contribution in [0.5, 0.6) is 0 Å².